The molecule has 0 saturated carbocycles. The van der Waals surface area contributed by atoms with Crippen molar-refractivity contribution in [3.63, 3.8) is 0 Å². The number of hydrogen-bond acceptors (Lipinski definition) is 3. The topological polar surface area (TPSA) is 29.1 Å². The number of ketones is 1. The lowest BCUT2D eigenvalue weighted by molar-refractivity contribution is -0.125. The SMILES string of the molecule is CC1(C(=O)Cc2ccc(Cl)s2)CCCCN1. The summed E-state index contributed by atoms with van der Waals surface area (Å²) in [5.74, 6) is 0.283. The molecule has 1 aliphatic rings. The monoisotopic (exact) mass is 257 g/mol. The third-order valence-corrected chi connectivity index (χ3v) is 4.43. The molecule has 0 aliphatic carbocycles. The summed E-state index contributed by atoms with van der Waals surface area (Å²) in [6.07, 6.45) is 3.76. The molecular weight excluding hydrogens is 242 g/mol. The quantitative estimate of drug-likeness (QED) is 0.902. The first-order chi connectivity index (χ1) is 7.60. The van der Waals surface area contributed by atoms with Crippen LogP contribution in [0, 0.1) is 0 Å². The third kappa shape index (κ3) is 2.65. The minimum atomic E-state index is -0.325. The highest BCUT2D eigenvalue weighted by Crippen LogP contribution is 2.26. The molecule has 0 amide bonds. The highest BCUT2D eigenvalue weighted by Gasteiger charge is 2.33. The summed E-state index contributed by atoms with van der Waals surface area (Å²) >= 11 is 7.35. The largest absolute Gasteiger partial charge is 0.305 e. The van der Waals surface area contributed by atoms with Crippen molar-refractivity contribution in [1.82, 2.24) is 5.32 Å². The van der Waals surface area contributed by atoms with Gasteiger partial charge in [0.15, 0.2) is 5.78 Å². The van der Waals surface area contributed by atoms with Crippen molar-refractivity contribution in [2.75, 3.05) is 6.54 Å². The standard InChI is InChI=1S/C12H16ClNOS/c1-12(6-2-3-7-14-12)10(15)8-9-4-5-11(13)16-9/h4-5,14H,2-3,6-8H2,1H3. The molecule has 1 atom stereocenters. The second kappa shape index (κ2) is 4.86. The number of nitrogens with one attached hydrogen (secondary N) is 1. The molecule has 0 bridgehead atoms. The molecule has 1 aliphatic heterocycles. The number of piperidine rings is 1. The summed E-state index contributed by atoms with van der Waals surface area (Å²) in [6.45, 7) is 2.97. The molecule has 1 aromatic heterocycles. The Kier molecular flexibility index (Phi) is 3.67. The predicted molar refractivity (Wildman–Crippen MR) is 68.3 cm³/mol. The van der Waals surface area contributed by atoms with Gasteiger partial charge in [-0.2, -0.15) is 0 Å². The lowest BCUT2D eigenvalue weighted by atomic mass is 9.85. The molecule has 2 nitrogen and oxygen atoms in total. The average molecular weight is 258 g/mol. The van der Waals surface area contributed by atoms with Crippen molar-refractivity contribution in [3.8, 4) is 0 Å². The molecule has 16 heavy (non-hydrogen) atoms. The number of Topliss-reactive ketones (excluding diaryl/α,β-unsaturated/α-hetero) is 1. The summed E-state index contributed by atoms with van der Waals surface area (Å²) in [6, 6.07) is 3.79. The van der Waals surface area contributed by atoms with E-state index in [1.54, 1.807) is 0 Å². The van der Waals surface area contributed by atoms with Gasteiger partial charge < -0.3 is 5.32 Å². The van der Waals surface area contributed by atoms with E-state index >= 15 is 0 Å². The fraction of sp³-hybridized carbons (Fsp3) is 0.583. The summed E-state index contributed by atoms with van der Waals surface area (Å²) in [5.41, 5.74) is -0.325. The average Bonchev–Trinajstić information content (AvgIpc) is 2.65. The van der Waals surface area contributed by atoms with Crippen LogP contribution in [0.15, 0.2) is 12.1 Å². The lowest BCUT2D eigenvalue weighted by Crippen LogP contribution is -2.52. The first kappa shape index (κ1) is 12.1. The van der Waals surface area contributed by atoms with E-state index in [0.29, 0.717) is 6.42 Å². The van der Waals surface area contributed by atoms with Crippen molar-refractivity contribution in [1.29, 1.82) is 0 Å². The maximum Gasteiger partial charge on any atom is 0.157 e. The number of hydrogen-bond donors (Lipinski definition) is 1. The Hall–Kier alpha value is -0.380. The van der Waals surface area contributed by atoms with Gasteiger partial charge in [-0.25, -0.2) is 0 Å². The van der Waals surface area contributed by atoms with Crippen LogP contribution in [0.4, 0.5) is 0 Å². The molecule has 2 rings (SSSR count). The normalized spacial score (nSPS) is 25.6. The molecule has 0 aromatic carbocycles. The molecule has 1 unspecified atom stereocenters. The predicted octanol–water partition coefficient (Wildman–Crippen LogP) is 3.05. The molecule has 88 valence electrons. The van der Waals surface area contributed by atoms with Gasteiger partial charge in [-0.3, -0.25) is 4.79 Å². The zero-order valence-corrected chi connectivity index (χ0v) is 11.0. The molecule has 0 radical (unpaired) electrons. The van der Waals surface area contributed by atoms with E-state index in [1.807, 2.05) is 19.1 Å². The Morgan fingerprint density at radius 3 is 2.94 bits per heavy atom. The highest BCUT2D eigenvalue weighted by molar-refractivity contribution is 7.16. The minimum absolute atomic E-state index is 0.283. The Morgan fingerprint density at radius 1 is 1.56 bits per heavy atom. The third-order valence-electron chi connectivity index (χ3n) is 3.20. The van der Waals surface area contributed by atoms with Crippen molar-refractivity contribution >= 4 is 28.7 Å². The zero-order valence-electron chi connectivity index (χ0n) is 9.38. The second-order valence-electron chi connectivity index (χ2n) is 4.52. The van der Waals surface area contributed by atoms with Crippen LogP contribution in [0.5, 0.6) is 0 Å². The van der Waals surface area contributed by atoms with Crippen LogP contribution in [0.2, 0.25) is 4.34 Å². The minimum Gasteiger partial charge on any atom is -0.305 e. The molecule has 1 N–H and O–H groups in total. The van der Waals surface area contributed by atoms with Gasteiger partial charge in [-0.15, -0.1) is 11.3 Å². The van der Waals surface area contributed by atoms with Gasteiger partial charge in [0.1, 0.15) is 0 Å². The van der Waals surface area contributed by atoms with Gasteiger partial charge in [0.05, 0.1) is 9.88 Å². The maximum absolute atomic E-state index is 12.2. The Balaban J connectivity index is 2.01. The smallest absolute Gasteiger partial charge is 0.157 e. The van der Waals surface area contributed by atoms with Gasteiger partial charge in [-0.05, 0) is 44.9 Å². The molecule has 1 fully saturated rings. The summed E-state index contributed by atoms with van der Waals surface area (Å²) < 4.78 is 0.754. The van der Waals surface area contributed by atoms with Crippen LogP contribution in [0.3, 0.4) is 0 Å². The first-order valence-electron chi connectivity index (χ1n) is 5.63. The van der Waals surface area contributed by atoms with E-state index in [1.165, 1.54) is 17.8 Å². The first-order valence-corrected chi connectivity index (χ1v) is 6.82. The van der Waals surface area contributed by atoms with Gasteiger partial charge in [-0.1, -0.05) is 11.6 Å². The van der Waals surface area contributed by atoms with Gasteiger partial charge >= 0.3 is 0 Å². The maximum atomic E-state index is 12.2. The van der Waals surface area contributed by atoms with Crippen LogP contribution in [-0.4, -0.2) is 17.9 Å². The Labute approximate surface area is 105 Å². The van der Waals surface area contributed by atoms with E-state index in [2.05, 4.69) is 5.32 Å². The highest BCUT2D eigenvalue weighted by atomic mass is 35.5. The lowest BCUT2D eigenvalue weighted by Gasteiger charge is -2.33. The van der Waals surface area contributed by atoms with E-state index in [-0.39, 0.29) is 11.3 Å². The fourth-order valence-corrected chi connectivity index (χ4v) is 3.18. The summed E-state index contributed by atoms with van der Waals surface area (Å²) in [7, 11) is 0. The molecule has 1 aromatic rings. The Bertz CT molecular complexity index is 382. The summed E-state index contributed by atoms with van der Waals surface area (Å²) in [4.78, 5) is 13.3. The van der Waals surface area contributed by atoms with E-state index in [4.69, 9.17) is 11.6 Å². The van der Waals surface area contributed by atoms with Crippen LogP contribution in [0.25, 0.3) is 0 Å². The van der Waals surface area contributed by atoms with Crippen LogP contribution in [-0.2, 0) is 11.2 Å². The molecular formula is C12H16ClNOS. The van der Waals surface area contributed by atoms with Crippen molar-refractivity contribution < 1.29 is 4.79 Å². The molecule has 0 spiro atoms. The van der Waals surface area contributed by atoms with Gasteiger partial charge in [0.25, 0.3) is 0 Å². The van der Waals surface area contributed by atoms with E-state index in [0.717, 1.165) is 28.6 Å². The van der Waals surface area contributed by atoms with Crippen molar-refractivity contribution in [3.05, 3.63) is 21.3 Å². The van der Waals surface area contributed by atoms with Gasteiger partial charge in [0.2, 0.25) is 0 Å². The number of thiophene rings is 1. The number of halogens is 1. The number of carbonyl (C=O) groups excluding carboxylic acids is 1. The fourth-order valence-electron chi connectivity index (χ4n) is 2.09. The van der Waals surface area contributed by atoms with Crippen molar-refractivity contribution in [2.24, 2.45) is 0 Å². The zero-order chi connectivity index (χ0) is 11.6. The molecule has 4 heteroatoms. The molecule has 1 saturated heterocycles. The summed E-state index contributed by atoms with van der Waals surface area (Å²) in [5, 5.41) is 3.34. The second-order valence-corrected chi connectivity index (χ2v) is 6.32. The Morgan fingerprint density at radius 2 is 2.38 bits per heavy atom. The van der Waals surface area contributed by atoms with E-state index < -0.39 is 0 Å². The van der Waals surface area contributed by atoms with E-state index in [9.17, 15) is 4.79 Å². The number of rotatable bonds is 3. The van der Waals surface area contributed by atoms with Crippen LogP contribution < -0.4 is 5.32 Å². The number of carbonyl (C=O) groups is 1. The van der Waals surface area contributed by atoms with Crippen molar-refractivity contribution in [2.45, 2.75) is 38.1 Å². The van der Waals surface area contributed by atoms with Crippen LogP contribution in [0.1, 0.15) is 31.1 Å². The van der Waals surface area contributed by atoms with Gasteiger partial charge in [0, 0.05) is 11.3 Å². The van der Waals surface area contributed by atoms with Crippen LogP contribution >= 0.6 is 22.9 Å². The molecule has 2 heterocycles.